The fourth-order valence-corrected chi connectivity index (χ4v) is 2.40. The maximum Gasteiger partial charge on any atom is 0.191 e. The molecule has 0 saturated carbocycles. The van der Waals surface area contributed by atoms with Crippen molar-refractivity contribution in [2.45, 2.75) is 26.4 Å². The molecule has 144 valence electrons. The summed E-state index contributed by atoms with van der Waals surface area (Å²) in [5.41, 5.74) is 1.42. The van der Waals surface area contributed by atoms with E-state index in [2.05, 4.69) is 20.7 Å². The summed E-state index contributed by atoms with van der Waals surface area (Å²) in [5.74, 6) is 0.509. The van der Waals surface area contributed by atoms with Gasteiger partial charge in [-0.25, -0.2) is 9.38 Å². The SMILES string of the molecule is CCNC(=NCc1ccc(N(C)C)c(F)c1)NCCCn1cccn1.I. The summed E-state index contributed by atoms with van der Waals surface area (Å²) in [4.78, 5) is 6.28. The minimum atomic E-state index is -0.227. The minimum absolute atomic E-state index is 0. The number of halogens is 2. The Labute approximate surface area is 171 Å². The van der Waals surface area contributed by atoms with Gasteiger partial charge in [0, 0.05) is 46.1 Å². The summed E-state index contributed by atoms with van der Waals surface area (Å²) in [6.45, 7) is 4.88. The van der Waals surface area contributed by atoms with Crippen LogP contribution in [0.15, 0.2) is 41.7 Å². The lowest BCUT2D eigenvalue weighted by atomic mass is 10.2. The molecule has 0 spiro atoms. The first-order valence-corrected chi connectivity index (χ1v) is 8.55. The van der Waals surface area contributed by atoms with Gasteiger partial charge in [-0.2, -0.15) is 5.10 Å². The van der Waals surface area contributed by atoms with Crippen molar-refractivity contribution < 1.29 is 4.39 Å². The number of benzene rings is 1. The predicted octanol–water partition coefficient (Wildman–Crippen LogP) is 2.85. The van der Waals surface area contributed by atoms with Crippen LogP contribution in [0.3, 0.4) is 0 Å². The Morgan fingerprint density at radius 2 is 2.12 bits per heavy atom. The molecule has 26 heavy (non-hydrogen) atoms. The number of aliphatic imine (C=N–C) groups is 1. The summed E-state index contributed by atoms with van der Waals surface area (Å²) in [6, 6.07) is 7.15. The number of nitrogens with zero attached hydrogens (tertiary/aromatic N) is 4. The number of nitrogens with one attached hydrogen (secondary N) is 2. The molecule has 1 aromatic heterocycles. The molecule has 8 heteroatoms. The van der Waals surface area contributed by atoms with Gasteiger partial charge in [0.25, 0.3) is 0 Å². The molecule has 0 atom stereocenters. The van der Waals surface area contributed by atoms with E-state index in [0.717, 1.165) is 37.6 Å². The number of hydrogen-bond donors (Lipinski definition) is 2. The summed E-state index contributed by atoms with van der Waals surface area (Å²) in [5, 5.41) is 10.7. The molecule has 1 aromatic carbocycles. The molecule has 2 rings (SSSR count). The molecule has 0 radical (unpaired) electrons. The molecule has 2 N–H and O–H groups in total. The second-order valence-electron chi connectivity index (χ2n) is 5.92. The lowest BCUT2D eigenvalue weighted by molar-refractivity contribution is 0.570. The first-order valence-electron chi connectivity index (χ1n) is 8.55. The summed E-state index contributed by atoms with van der Waals surface area (Å²) in [6.07, 6.45) is 4.67. The minimum Gasteiger partial charge on any atom is -0.375 e. The van der Waals surface area contributed by atoms with Crippen LogP contribution in [0, 0.1) is 5.82 Å². The van der Waals surface area contributed by atoms with Crippen molar-refractivity contribution >= 4 is 35.6 Å². The van der Waals surface area contributed by atoms with Crippen molar-refractivity contribution in [1.82, 2.24) is 20.4 Å². The second kappa shape index (κ2) is 11.7. The van der Waals surface area contributed by atoms with Gasteiger partial charge in [0.1, 0.15) is 5.82 Å². The standard InChI is InChI=1S/C18H27FN6.HI/c1-4-20-18(21-9-5-11-25-12-6-10-23-25)22-14-15-7-8-17(24(2)3)16(19)13-15;/h6-8,10,12-13H,4-5,9,11,14H2,1-3H3,(H2,20,21,22);1H. The first kappa shape index (κ1) is 22.2. The van der Waals surface area contributed by atoms with E-state index >= 15 is 0 Å². The molecular weight excluding hydrogens is 446 g/mol. The Morgan fingerprint density at radius 1 is 1.31 bits per heavy atom. The van der Waals surface area contributed by atoms with Gasteiger partial charge in [-0.1, -0.05) is 6.07 Å². The molecule has 0 aliphatic heterocycles. The number of rotatable bonds is 8. The van der Waals surface area contributed by atoms with Crippen molar-refractivity contribution in [2.75, 3.05) is 32.1 Å². The summed E-state index contributed by atoms with van der Waals surface area (Å²) >= 11 is 0. The maximum atomic E-state index is 14.0. The van der Waals surface area contributed by atoms with E-state index < -0.39 is 0 Å². The quantitative estimate of drug-likeness (QED) is 0.268. The molecule has 0 unspecified atom stereocenters. The van der Waals surface area contributed by atoms with Gasteiger partial charge in [0.2, 0.25) is 0 Å². The van der Waals surface area contributed by atoms with Crippen LogP contribution in [0.2, 0.25) is 0 Å². The van der Waals surface area contributed by atoms with Crippen LogP contribution in [-0.4, -0.2) is 42.9 Å². The normalized spacial score (nSPS) is 11.0. The molecule has 6 nitrogen and oxygen atoms in total. The number of anilines is 1. The number of guanidine groups is 1. The van der Waals surface area contributed by atoms with Crippen LogP contribution in [-0.2, 0) is 13.1 Å². The average molecular weight is 474 g/mol. The molecule has 0 bridgehead atoms. The van der Waals surface area contributed by atoms with Crippen LogP contribution < -0.4 is 15.5 Å². The van der Waals surface area contributed by atoms with Gasteiger partial charge < -0.3 is 15.5 Å². The van der Waals surface area contributed by atoms with Crippen molar-refractivity contribution in [3.63, 3.8) is 0 Å². The van der Waals surface area contributed by atoms with Crippen LogP contribution in [0.25, 0.3) is 0 Å². The molecule has 0 aliphatic carbocycles. The van der Waals surface area contributed by atoms with Gasteiger partial charge >= 0.3 is 0 Å². The van der Waals surface area contributed by atoms with Gasteiger partial charge in [0.15, 0.2) is 5.96 Å². The topological polar surface area (TPSA) is 57.5 Å². The van der Waals surface area contributed by atoms with Crippen LogP contribution in [0.1, 0.15) is 18.9 Å². The molecule has 0 aliphatic rings. The predicted molar refractivity (Wildman–Crippen MR) is 116 cm³/mol. The molecule has 1 heterocycles. The third kappa shape index (κ3) is 7.19. The van der Waals surface area contributed by atoms with E-state index in [1.165, 1.54) is 0 Å². The Hall–Kier alpha value is -1.84. The van der Waals surface area contributed by atoms with Gasteiger partial charge in [-0.3, -0.25) is 4.68 Å². The summed E-state index contributed by atoms with van der Waals surface area (Å²) < 4.78 is 15.9. The molecular formula is C18H28FIN6. The average Bonchev–Trinajstić information content (AvgIpc) is 3.09. The van der Waals surface area contributed by atoms with Crippen molar-refractivity contribution in [1.29, 1.82) is 0 Å². The number of aromatic nitrogens is 2. The van der Waals surface area contributed by atoms with E-state index in [9.17, 15) is 4.39 Å². The fourth-order valence-electron chi connectivity index (χ4n) is 2.40. The van der Waals surface area contributed by atoms with E-state index in [0.29, 0.717) is 12.2 Å². The maximum absolute atomic E-state index is 14.0. The third-order valence-electron chi connectivity index (χ3n) is 3.67. The molecule has 0 saturated heterocycles. The largest absolute Gasteiger partial charge is 0.375 e. The highest BCUT2D eigenvalue weighted by Gasteiger charge is 2.05. The highest BCUT2D eigenvalue weighted by atomic mass is 127. The zero-order chi connectivity index (χ0) is 18.1. The highest BCUT2D eigenvalue weighted by Crippen LogP contribution is 2.18. The Morgan fingerprint density at radius 3 is 2.73 bits per heavy atom. The van der Waals surface area contributed by atoms with E-state index in [1.807, 2.05) is 44.0 Å². The Balaban J connectivity index is 0.00000338. The second-order valence-corrected chi connectivity index (χ2v) is 5.92. The number of hydrogen-bond acceptors (Lipinski definition) is 3. The zero-order valence-electron chi connectivity index (χ0n) is 15.6. The Bertz CT molecular complexity index is 672. The first-order chi connectivity index (χ1) is 12.1. The third-order valence-corrected chi connectivity index (χ3v) is 3.67. The smallest absolute Gasteiger partial charge is 0.191 e. The monoisotopic (exact) mass is 474 g/mol. The zero-order valence-corrected chi connectivity index (χ0v) is 17.9. The van der Waals surface area contributed by atoms with Crippen molar-refractivity contribution in [3.05, 3.63) is 48.0 Å². The van der Waals surface area contributed by atoms with Crippen LogP contribution >= 0.6 is 24.0 Å². The van der Waals surface area contributed by atoms with Crippen LogP contribution in [0.4, 0.5) is 10.1 Å². The lowest BCUT2D eigenvalue weighted by Gasteiger charge is -2.14. The van der Waals surface area contributed by atoms with Crippen molar-refractivity contribution in [2.24, 2.45) is 4.99 Å². The molecule has 2 aromatic rings. The van der Waals surface area contributed by atoms with E-state index in [-0.39, 0.29) is 29.8 Å². The van der Waals surface area contributed by atoms with Gasteiger partial charge in [0.05, 0.1) is 12.2 Å². The molecule has 0 fully saturated rings. The summed E-state index contributed by atoms with van der Waals surface area (Å²) in [7, 11) is 3.65. The van der Waals surface area contributed by atoms with Crippen molar-refractivity contribution in [3.8, 4) is 0 Å². The Kier molecular flexibility index (Phi) is 10.0. The molecule has 0 amide bonds. The van der Waals surface area contributed by atoms with E-state index in [4.69, 9.17) is 0 Å². The van der Waals surface area contributed by atoms with Gasteiger partial charge in [-0.05, 0) is 37.1 Å². The van der Waals surface area contributed by atoms with Crippen LogP contribution in [0.5, 0.6) is 0 Å². The van der Waals surface area contributed by atoms with E-state index in [1.54, 1.807) is 23.2 Å². The highest BCUT2D eigenvalue weighted by molar-refractivity contribution is 14.0. The fraction of sp³-hybridized carbons (Fsp3) is 0.444. The lowest BCUT2D eigenvalue weighted by Crippen LogP contribution is -2.38. The van der Waals surface area contributed by atoms with Gasteiger partial charge in [-0.15, -0.1) is 24.0 Å². The number of aryl methyl sites for hydroxylation is 1.